The second-order valence-corrected chi connectivity index (χ2v) is 5.96. The van der Waals surface area contributed by atoms with Crippen LogP contribution in [0.4, 0.5) is 0 Å². The SMILES string of the molecule is C[C@@H]1[C@H](C(=O)O)CCCN1Cc1cc(Cl)cs1. The highest BCUT2D eigenvalue weighted by molar-refractivity contribution is 7.10. The second kappa shape index (κ2) is 5.38. The van der Waals surface area contributed by atoms with Gasteiger partial charge in [-0.15, -0.1) is 11.3 Å². The van der Waals surface area contributed by atoms with E-state index in [1.54, 1.807) is 11.3 Å². The number of carbonyl (C=O) groups is 1. The Balaban J connectivity index is 2.03. The molecule has 0 spiro atoms. The average Bonchev–Trinajstić information content (AvgIpc) is 2.67. The summed E-state index contributed by atoms with van der Waals surface area (Å²) >= 11 is 7.53. The number of piperidine rings is 1. The van der Waals surface area contributed by atoms with Gasteiger partial charge in [0.2, 0.25) is 0 Å². The Bertz CT molecular complexity index is 407. The fourth-order valence-corrected chi connectivity index (χ4v) is 3.50. The molecule has 0 bridgehead atoms. The van der Waals surface area contributed by atoms with Crippen LogP contribution in [0, 0.1) is 5.92 Å². The molecule has 2 rings (SSSR count). The molecular weight excluding hydrogens is 258 g/mol. The Labute approximate surface area is 110 Å². The van der Waals surface area contributed by atoms with E-state index in [2.05, 4.69) is 4.90 Å². The van der Waals surface area contributed by atoms with Gasteiger partial charge in [0.1, 0.15) is 0 Å². The third-order valence-corrected chi connectivity index (χ3v) is 4.69. The van der Waals surface area contributed by atoms with E-state index in [1.807, 2.05) is 18.4 Å². The maximum atomic E-state index is 11.1. The number of carboxylic acid groups (broad SMARTS) is 1. The van der Waals surface area contributed by atoms with E-state index in [9.17, 15) is 4.79 Å². The Hall–Kier alpha value is -0.580. The quantitative estimate of drug-likeness (QED) is 0.920. The highest BCUT2D eigenvalue weighted by Crippen LogP contribution is 2.27. The smallest absolute Gasteiger partial charge is 0.308 e. The first-order valence-corrected chi connectivity index (χ1v) is 7.03. The largest absolute Gasteiger partial charge is 0.481 e. The number of rotatable bonds is 3. The van der Waals surface area contributed by atoms with E-state index >= 15 is 0 Å². The van der Waals surface area contributed by atoms with Crippen molar-refractivity contribution in [2.75, 3.05) is 6.54 Å². The summed E-state index contributed by atoms with van der Waals surface area (Å²) in [6.07, 6.45) is 1.75. The number of aliphatic carboxylic acids is 1. The molecule has 1 aliphatic rings. The summed E-state index contributed by atoms with van der Waals surface area (Å²) in [5.74, 6) is -0.911. The van der Waals surface area contributed by atoms with Gasteiger partial charge in [0.25, 0.3) is 0 Å². The van der Waals surface area contributed by atoms with Crippen molar-refractivity contribution in [3.63, 3.8) is 0 Å². The minimum absolute atomic E-state index is 0.0992. The van der Waals surface area contributed by atoms with E-state index in [0.717, 1.165) is 31.0 Å². The lowest BCUT2D eigenvalue weighted by atomic mass is 9.90. The molecule has 2 heterocycles. The number of hydrogen-bond donors (Lipinski definition) is 1. The lowest BCUT2D eigenvalue weighted by molar-refractivity contribution is -0.145. The molecule has 0 aliphatic carbocycles. The monoisotopic (exact) mass is 273 g/mol. The summed E-state index contributed by atoms with van der Waals surface area (Å²) in [6.45, 7) is 3.79. The van der Waals surface area contributed by atoms with E-state index in [4.69, 9.17) is 16.7 Å². The molecule has 0 unspecified atom stereocenters. The Morgan fingerprint density at radius 3 is 3.06 bits per heavy atom. The van der Waals surface area contributed by atoms with Crippen molar-refractivity contribution in [2.45, 2.75) is 32.4 Å². The maximum Gasteiger partial charge on any atom is 0.308 e. The molecule has 5 heteroatoms. The van der Waals surface area contributed by atoms with Crippen LogP contribution in [-0.4, -0.2) is 28.6 Å². The summed E-state index contributed by atoms with van der Waals surface area (Å²) in [5, 5.41) is 11.8. The van der Waals surface area contributed by atoms with Crippen molar-refractivity contribution in [3.8, 4) is 0 Å². The van der Waals surface area contributed by atoms with Gasteiger partial charge in [-0.3, -0.25) is 9.69 Å². The van der Waals surface area contributed by atoms with Crippen molar-refractivity contribution in [3.05, 3.63) is 21.3 Å². The molecule has 0 amide bonds. The number of thiophene rings is 1. The Morgan fingerprint density at radius 1 is 1.71 bits per heavy atom. The van der Waals surface area contributed by atoms with Crippen LogP contribution >= 0.6 is 22.9 Å². The van der Waals surface area contributed by atoms with Crippen LogP contribution in [-0.2, 0) is 11.3 Å². The van der Waals surface area contributed by atoms with Crippen LogP contribution < -0.4 is 0 Å². The summed E-state index contributed by atoms with van der Waals surface area (Å²) in [7, 11) is 0. The first kappa shape index (κ1) is 12.9. The van der Waals surface area contributed by atoms with Gasteiger partial charge in [-0.05, 0) is 32.4 Å². The van der Waals surface area contributed by atoms with Crippen LogP contribution in [0.1, 0.15) is 24.6 Å². The zero-order valence-electron chi connectivity index (χ0n) is 9.73. The third kappa shape index (κ3) is 3.00. The molecule has 0 aromatic carbocycles. The number of hydrogen-bond acceptors (Lipinski definition) is 3. The van der Waals surface area contributed by atoms with E-state index in [-0.39, 0.29) is 12.0 Å². The third-order valence-electron chi connectivity index (χ3n) is 3.42. The first-order chi connectivity index (χ1) is 8.08. The number of likely N-dealkylation sites (tertiary alicyclic amines) is 1. The zero-order valence-corrected chi connectivity index (χ0v) is 11.3. The molecular formula is C12H16ClNO2S. The molecule has 2 atom stereocenters. The van der Waals surface area contributed by atoms with Crippen LogP contribution in [0.25, 0.3) is 0 Å². The fourth-order valence-electron chi connectivity index (χ4n) is 2.40. The van der Waals surface area contributed by atoms with Crippen molar-refractivity contribution in [2.24, 2.45) is 5.92 Å². The van der Waals surface area contributed by atoms with Gasteiger partial charge in [0.15, 0.2) is 0 Å². The lowest BCUT2D eigenvalue weighted by Gasteiger charge is -2.37. The van der Waals surface area contributed by atoms with Gasteiger partial charge in [0.05, 0.1) is 10.9 Å². The summed E-state index contributed by atoms with van der Waals surface area (Å²) in [5.41, 5.74) is 0. The van der Waals surface area contributed by atoms with Gasteiger partial charge in [-0.1, -0.05) is 11.6 Å². The topological polar surface area (TPSA) is 40.5 Å². The van der Waals surface area contributed by atoms with E-state index in [1.165, 1.54) is 4.88 Å². The molecule has 1 saturated heterocycles. The van der Waals surface area contributed by atoms with Gasteiger partial charge in [-0.25, -0.2) is 0 Å². The number of nitrogens with zero attached hydrogens (tertiary/aromatic N) is 1. The maximum absolute atomic E-state index is 11.1. The minimum atomic E-state index is -0.675. The predicted molar refractivity (Wildman–Crippen MR) is 69.6 cm³/mol. The van der Waals surface area contributed by atoms with Crippen molar-refractivity contribution >= 4 is 28.9 Å². The molecule has 0 radical (unpaired) electrons. The molecule has 17 heavy (non-hydrogen) atoms. The Kier molecular flexibility index (Phi) is 4.07. The second-order valence-electron chi connectivity index (χ2n) is 4.53. The highest BCUT2D eigenvalue weighted by Gasteiger charge is 2.32. The van der Waals surface area contributed by atoms with Crippen molar-refractivity contribution in [1.82, 2.24) is 4.90 Å². The van der Waals surface area contributed by atoms with Crippen LogP contribution in [0.3, 0.4) is 0 Å². The molecule has 1 aromatic rings. The van der Waals surface area contributed by atoms with Gasteiger partial charge >= 0.3 is 5.97 Å². The normalized spacial score (nSPS) is 26.0. The molecule has 3 nitrogen and oxygen atoms in total. The lowest BCUT2D eigenvalue weighted by Crippen LogP contribution is -2.45. The summed E-state index contributed by atoms with van der Waals surface area (Å²) < 4.78 is 0. The van der Waals surface area contributed by atoms with Gasteiger partial charge in [0, 0.05) is 22.8 Å². The van der Waals surface area contributed by atoms with Crippen LogP contribution in [0.2, 0.25) is 5.02 Å². The summed E-state index contributed by atoms with van der Waals surface area (Å²) in [6, 6.07) is 2.06. The summed E-state index contributed by atoms with van der Waals surface area (Å²) in [4.78, 5) is 14.6. The van der Waals surface area contributed by atoms with E-state index in [0.29, 0.717) is 0 Å². The van der Waals surface area contributed by atoms with Crippen LogP contribution in [0.15, 0.2) is 11.4 Å². The molecule has 1 aromatic heterocycles. The highest BCUT2D eigenvalue weighted by atomic mass is 35.5. The minimum Gasteiger partial charge on any atom is -0.481 e. The van der Waals surface area contributed by atoms with Crippen LogP contribution in [0.5, 0.6) is 0 Å². The molecule has 1 N–H and O–H groups in total. The van der Waals surface area contributed by atoms with Crippen molar-refractivity contribution < 1.29 is 9.90 Å². The standard InChI is InChI=1S/C12H16ClNO2S/c1-8-11(12(15)16)3-2-4-14(8)6-10-5-9(13)7-17-10/h5,7-8,11H,2-4,6H2,1H3,(H,15,16)/t8-,11-/m1/s1. The van der Waals surface area contributed by atoms with Crippen molar-refractivity contribution in [1.29, 1.82) is 0 Å². The average molecular weight is 274 g/mol. The number of halogens is 1. The van der Waals surface area contributed by atoms with Gasteiger partial charge < -0.3 is 5.11 Å². The molecule has 94 valence electrons. The van der Waals surface area contributed by atoms with E-state index < -0.39 is 5.97 Å². The molecule has 1 fully saturated rings. The number of carboxylic acids is 1. The molecule has 1 aliphatic heterocycles. The fraction of sp³-hybridized carbons (Fsp3) is 0.583. The predicted octanol–water partition coefficient (Wildman–Crippen LogP) is 3.09. The first-order valence-electron chi connectivity index (χ1n) is 5.77. The zero-order chi connectivity index (χ0) is 12.4. The Morgan fingerprint density at radius 2 is 2.47 bits per heavy atom. The van der Waals surface area contributed by atoms with Gasteiger partial charge in [-0.2, -0.15) is 0 Å². The molecule has 0 saturated carbocycles.